The number of hydrogen-bond acceptors (Lipinski definition) is 9. The molecule has 2 aliphatic carbocycles. The summed E-state index contributed by atoms with van der Waals surface area (Å²) < 4.78 is 123. The van der Waals surface area contributed by atoms with E-state index in [1.165, 1.54) is 53.1 Å². The van der Waals surface area contributed by atoms with Crippen LogP contribution in [0.3, 0.4) is 0 Å². The third-order valence-corrected chi connectivity index (χ3v) is 12.8. The summed E-state index contributed by atoms with van der Waals surface area (Å²) in [6.07, 6.45) is -0.592. The van der Waals surface area contributed by atoms with Crippen LogP contribution in [-0.4, -0.2) is 74.2 Å². The van der Waals surface area contributed by atoms with E-state index in [2.05, 4.69) is 20.4 Å². The zero-order valence-corrected chi connectivity index (χ0v) is 31.9. The number of carbonyl (C=O) groups is 1. The molecule has 1 amide bonds. The number of nitrogens with one attached hydrogen (secondary N) is 1. The predicted molar refractivity (Wildman–Crippen MR) is 201 cm³/mol. The van der Waals surface area contributed by atoms with Gasteiger partial charge in [0, 0.05) is 55.0 Å². The first-order valence-corrected chi connectivity index (χ1v) is 20.2. The SMILES string of the molecule is O=C(Cn1nc(C(F)F)c2c1C(F)(F)[C@@H]1C[C@H]21)N[C@@H](Cc1cc(F)cc(F)c1)c1nc2cc(-c3ncccn3)ccc2c(=O)n1-c1ccc(S(=O)(=O)N2CCOCC2)cc1. The number of nitrogens with zero attached hydrogens (tertiary/aromatic N) is 7. The van der Waals surface area contributed by atoms with Crippen LogP contribution in [0.5, 0.6) is 0 Å². The highest BCUT2D eigenvalue weighted by Crippen LogP contribution is 2.68. The minimum Gasteiger partial charge on any atom is -0.379 e. The van der Waals surface area contributed by atoms with E-state index < -0.39 is 87.7 Å². The molecule has 1 aliphatic heterocycles. The summed E-state index contributed by atoms with van der Waals surface area (Å²) in [4.78, 5) is 41.8. The molecule has 20 heteroatoms. The lowest BCUT2D eigenvalue weighted by atomic mass is 10.0. The Morgan fingerprint density at radius 1 is 0.967 bits per heavy atom. The molecule has 0 spiro atoms. The lowest BCUT2D eigenvalue weighted by Gasteiger charge is -2.26. The Bertz CT molecular complexity index is 2820. The van der Waals surface area contributed by atoms with Crippen molar-refractivity contribution in [2.24, 2.45) is 5.92 Å². The van der Waals surface area contributed by atoms with Crippen molar-refractivity contribution in [3.05, 3.63) is 129 Å². The Morgan fingerprint density at radius 2 is 1.67 bits per heavy atom. The minimum atomic E-state index is -3.97. The predicted octanol–water partition coefficient (Wildman–Crippen LogP) is 5.59. The summed E-state index contributed by atoms with van der Waals surface area (Å²) in [5, 5.41) is 6.44. The van der Waals surface area contributed by atoms with Gasteiger partial charge in [-0.15, -0.1) is 0 Å². The number of halogens is 6. The van der Waals surface area contributed by atoms with Crippen LogP contribution in [0, 0.1) is 17.6 Å². The third-order valence-electron chi connectivity index (χ3n) is 10.9. The van der Waals surface area contributed by atoms with E-state index in [4.69, 9.17) is 9.72 Å². The lowest BCUT2D eigenvalue weighted by Crippen LogP contribution is -2.40. The fraction of sp³-hybridized carbons (Fsp3) is 0.300. The van der Waals surface area contributed by atoms with Gasteiger partial charge in [0.1, 0.15) is 35.4 Å². The molecule has 2 fully saturated rings. The van der Waals surface area contributed by atoms with Crippen molar-refractivity contribution in [1.82, 2.24) is 38.9 Å². The van der Waals surface area contributed by atoms with Crippen LogP contribution < -0.4 is 10.9 Å². The van der Waals surface area contributed by atoms with E-state index in [9.17, 15) is 35.6 Å². The molecule has 1 saturated carbocycles. The molecular weight excluding hydrogens is 819 g/mol. The van der Waals surface area contributed by atoms with Gasteiger partial charge in [0.05, 0.1) is 40.7 Å². The first kappa shape index (κ1) is 39.5. The number of benzene rings is 3. The first-order valence-electron chi connectivity index (χ1n) is 18.7. The van der Waals surface area contributed by atoms with Crippen molar-refractivity contribution in [3.63, 3.8) is 0 Å². The molecule has 3 aliphatic rings. The summed E-state index contributed by atoms with van der Waals surface area (Å²) in [7, 11) is -3.97. The molecule has 1 saturated heterocycles. The average Bonchev–Trinajstić information content (AvgIpc) is 3.89. The Kier molecular flexibility index (Phi) is 9.82. The van der Waals surface area contributed by atoms with Gasteiger partial charge in [-0.05, 0) is 72.5 Å². The van der Waals surface area contributed by atoms with Gasteiger partial charge in [-0.3, -0.25) is 18.8 Å². The van der Waals surface area contributed by atoms with Crippen molar-refractivity contribution in [1.29, 1.82) is 0 Å². The number of ether oxygens (including phenoxy) is 1. The van der Waals surface area contributed by atoms with Gasteiger partial charge in [0.25, 0.3) is 17.9 Å². The zero-order valence-electron chi connectivity index (χ0n) is 31.1. The molecule has 1 N–H and O–H groups in total. The quantitative estimate of drug-likeness (QED) is 0.165. The number of sulfonamides is 1. The van der Waals surface area contributed by atoms with Gasteiger partial charge in [-0.1, -0.05) is 6.07 Å². The number of rotatable bonds is 11. The van der Waals surface area contributed by atoms with Crippen molar-refractivity contribution in [2.45, 2.75) is 48.6 Å². The maximum absolute atomic E-state index is 15.4. The molecule has 0 bridgehead atoms. The molecular formula is C40H32F6N8O5S. The monoisotopic (exact) mass is 850 g/mol. The van der Waals surface area contributed by atoms with E-state index in [0.717, 1.165) is 16.7 Å². The molecule has 310 valence electrons. The smallest absolute Gasteiger partial charge is 0.293 e. The third kappa shape index (κ3) is 7.00. The van der Waals surface area contributed by atoms with Gasteiger partial charge in [-0.25, -0.2) is 40.9 Å². The average molecular weight is 851 g/mol. The lowest BCUT2D eigenvalue weighted by molar-refractivity contribution is -0.123. The normalized spacial score (nSPS) is 19.0. The fourth-order valence-corrected chi connectivity index (χ4v) is 9.51. The summed E-state index contributed by atoms with van der Waals surface area (Å²) in [6.45, 7) is -0.286. The Hall–Kier alpha value is -5.99. The van der Waals surface area contributed by atoms with Gasteiger partial charge in [0.15, 0.2) is 5.82 Å². The summed E-state index contributed by atoms with van der Waals surface area (Å²) in [5.41, 5.74) is -1.99. The van der Waals surface area contributed by atoms with Crippen LogP contribution in [0.2, 0.25) is 0 Å². The van der Waals surface area contributed by atoms with Crippen molar-refractivity contribution >= 4 is 26.8 Å². The van der Waals surface area contributed by atoms with Crippen molar-refractivity contribution in [2.75, 3.05) is 26.3 Å². The number of morpholine rings is 1. The minimum absolute atomic E-state index is 0.00722. The number of amides is 1. The van der Waals surface area contributed by atoms with E-state index in [1.807, 2.05) is 0 Å². The van der Waals surface area contributed by atoms with Crippen LogP contribution in [0.15, 0.2) is 88.8 Å². The second kappa shape index (κ2) is 14.9. The van der Waals surface area contributed by atoms with E-state index in [-0.39, 0.29) is 77.0 Å². The molecule has 4 heterocycles. The number of carbonyl (C=O) groups excluding carboxylic acids is 1. The van der Waals surface area contributed by atoms with Crippen LogP contribution in [0.25, 0.3) is 28.0 Å². The van der Waals surface area contributed by atoms with Crippen molar-refractivity contribution < 1.29 is 44.3 Å². The fourth-order valence-electron chi connectivity index (χ4n) is 8.10. The number of aromatic nitrogens is 6. The summed E-state index contributed by atoms with van der Waals surface area (Å²) >= 11 is 0. The largest absolute Gasteiger partial charge is 0.379 e. The van der Waals surface area contributed by atoms with Crippen LogP contribution >= 0.6 is 0 Å². The molecule has 13 nitrogen and oxygen atoms in total. The summed E-state index contributed by atoms with van der Waals surface area (Å²) in [5.74, 6) is -8.42. The van der Waals surface area contributed by atoms with Crippen LogP contribution in [0.1, 0.15) is 53.1 Å². The molecule has 0 unspecified atom stereocenters. The highest BCUT2D eigenvalue weighted by molar-refractivity contribution is 7.89. The zero-order chi connectivity index (χ0) is 42.1. The van der Waals surface area contributed by atoms with Gasteiger partial charge in [0.2, 0.25) is 15.9 Å². The molecule has 3 atom stereocenters. The second-order valence-corrected chi connectivity index (χ2v) is 16.6. The van der Waals surface area contributed by atoms with Crippen molar-refractivity contribution in [3.8, 4) is 17.1 Å². The van der Waals surface area contributed by atoms with Gasteiger partial charge in [-0.2, -0.15) is 18.2 Å². The summed E-state index contributed by atoms with van der Waals surface area (Å²) in [6, 6.07) is 12.6. The maximum atomic E-state index is 15.4. The number of hydrogen-bond donors (Lipinski definition) is 1. The number of alkyl halides is 4. The molecule has 9 rings (SSSR count). The van der Waals surface area contributed by atoms with E-state index in [0.29, 0.717) is 16.3 Å². The second-order valence-electron chi connectivity index (χ2n) is 14.7. The topological polar surface area (TPSA) is 154 Å². The Balaban J connectivity index is 1.17. The highest BCUT2D eigenvalue weighted by Gasteiger charge is 2.67. The molecule has 0 radical (unpaired) electrons. The van der Waals surface area contributed by atoms with Gasteiger partial charge >= 0.3 is 0 Å². The van der Waals surface area contributed by atoms with Gasteiger partial charge < -0.3 is 10.1 Å². The highest BCUT2D eigenvalue weighted by atomic mass is 32.2. The molecule has 3 aromatic carbocycles. The Morgan fingerprint density at radius 3 is 2.35 bits per heavy atom. The van der Waals surface area contributed by atoms with E-state index in [1.54, 1.807) is 12.1 Å². The van der Waals surface area contributed by atoms with Crippen LogP contribution in [-0.2, 0) is 38.4 Å². The van der Waals surface area contributed by atoms with Crippen LogP contribution in [0.4, 0.5) is 26.3 Å². The standard InChI is InChI=1S/C40H32F6N8O5S/c41-23-14-21(15-24(42)18-23)16-31(49-32(55)20-53-35-33(34(51-53)36(43)44)28-19-29(28)40(35,45)46)38-50-30-17-22(37-47-8-1-9-48-37)2-7-27(30)39(56)54(38)25-3-5-26(6-4-25)60(57,58)52-10-12-59-13-11-52/h1-9,14-15,17-18,28-29,31,36H,10-13,16,19-20H2,(H,49,55)/t28-,29+,31-/m0/s1. The molecule has 60 heavy (non-hydrogen) atoms. The van der Waals surface area contributed by atoms with E-state index >= 15 is 8.78 Å². The number of fused-ring (bicyclic) bond motifs is 4. The molecule has 3 aromatic heterocycles. The molecule has 6 aromatic rings. The maximum Gasteiger partial charge on any atom is 0.293 e. The Labute approximate surface area is 336 Å². The first-order chi connectivity index (χ1) is 28.7.